The molecule has 1 heterocycles. The number of hydrogen-bond donors (Lipinski definition) is 2. The van der Waals surface area contributed by atoms with E-state index in [2.05, 4.69) is 0 Å². The van der Waals surface area contributed by atoms with Crippen LogP contribution in [0.5, 0.6) is 11.5 Å². The molecule has 0 aromatic heterocycles. The number of ether oxygens (including phenoxy) is 2. The van der Waals surface area contributed by atoms with Crippen LogP contribution in [0.4, 0.5) is 0 Å². The smallest absolute Gasteiger partial charge is 0.161 e. The lowest BCUT2D eigenvalue weighted by molar-refractivity contribution is 0.171. The van der Waals surface area contributed by atoms with Crippen LogP contribution in [0.15, 0.2) is 18.2 Å². The zero-order valence-corrected chi connectivity index (χ0v) is 9.19. The molecule has 1 aromatic carbocycles. The fraction of sp³-hybridized carbons (Fsp3) is 0.500. The van der Waals surface area contributed by atoms with Gasteiger partial charge >= 0.3 is 0 Å². The maximum Gasteiger partial charge on any atom is 0.161 e. The Morgan fingerprint density at radius 1 is 1.25 bits per heavy atom. The van der Waals surface area contributed by atoms with Gasteiger partial charge in [0.15, 0.2) is 11.5 Å². The zero-order valence-electron chi connectivity index (χ0n) is 9.19. The minimum atomic E-state index is 0.149. The fourth-order valence-electron chi connectivity index (χ4n) is 1.89. The van der Waals surface area contributed by atoms with E-state index in [4.69, 9.17) is 20.3 Å². The largest absolute Gasteiger partial charge is 0.486 e. The second kappa shape index (κ2) is 5.18. The Labute approximate surface area is 95.0 Å². The first-order chi connectivity index (χ1) is 7.85. The molecule has 1 aromatic rings. The third-order valence-electron chi connectivity index (χ3n) is 2.80. The van der Waals surface area contributed by atoms with E-state index >= 15 is 0 Å². The first-order valence-electron chi connectivity index (χ1n) is 5.55. The van der Waals surface area contributed by atoms with Gasteiger partial charge in [-0.25, -0.2) is 0 Å². The second-order valence-electron chi connectivity index (χ2n) is 3.85. The summed E-state index contributed by atoms with van der Waals surface area (Å²) in [4.78, 5) is 0. The van der Waals surface area contributed by atoms with Crippen molar-refractivity contribution >= 4 is 0 Å². The molecule has 0 amide bonds. The Morgan fingerprint density at radius 3 is 2.69 bits per heavy atom. The summed E-state index contributed by atoms with van der Waals surface area (Å²) in [5, 5.41) is 8.96. The Kier molecular flexibility index (Phi) is 3.64. The maximum atomic E-state index is 8.96. The molecule has 1 aliphatic heterocycles. The molecular weight excluding hydrogens is 206 g/mol. The molecule has 88 valence electrons. The van der Waals surface area contributed by atoms with Crippen molar-refractivity contribution in [1.82, 2.24) is 0 Å². The van der Waals surface area contributed by atoms with E-state index in [1.807, 2.05) is 18.2 Å². The summed E-state index contributed by atoms with van der Waals surface area (Å²) >= 11 is 0. The van der Waals surface area contributed by atoms with Gasteiger partial charge in [-0.15, -0.1) is 0 Å². The van der Waals surface area contributed by atoms with Gasteiger partial charge in [0, 0.05) is 6.61 Å². The van der Waals surface area contributed by atoms with Crippen LogP contribution in [0.2, 0.25) is 0 Å². The first-order valence-corrected chi connectivity index (χ1v) is 5.55. The molecule has 3 N–H and O–H groups in total. The van der Waals surface area contributed by atoms with Crippen LogP contribution in [-0.4, -0.2) is 31.5 Å². The number of hydrogen-bond acceptors (Lipinski definition) is 4. The summed E-state index contributed by atoms with van der Waals surface area (Å²) in [7, 11) is 0. The van der Waals surface area contributed by atoms with Crippen LogP contribution in [0.25, 0.3) is 0 Å². The highest BCUT2D eigenvalue weighted by molar-refractivity contribution is 5.44. The van der Waals surface area contributed by atoms with E-state index in [1.165, 1.54) is 0 Å². The highest BCUT2D eigenvalue weighted by Gasteiger charge is 2.15. The Bertz CT molecular complexity index is 354. The number of rotatable bonds is 4. The normalized spacial score (nSPS) is 15.9. The number of aliphatic hydroxyl groups excluding tert-OH is 1. The molecule has 2 rings (SSSR count). The van der Waals surface area contributed by atoms with Crippen molar-refractivity contribution in [2.75, 3.05) is 26.4 Å². The molecule has 1 atom stereocenters. The van der Waals surface area contributed by atoms with Gasteiger partial charge in [-0.05, 0) is 36.6 Å². The molecular formula is C12H17NO3. The molecule has 0 spiro atoms. The van der Waals surface area contributed by atoms with E-state index in [0.29, 0.717) is 26.2 Å². The average molecular weight is 223 g/mol. The van der Waals surface area contributed by atoms with Gasteiger partial charge < -0.3 is 20.3 Å². The zero-order chi connectivity index (χ0) is 11.4. The third-order valence-corrected chi connectivity index (χ3v) is 2.80. The van der Waals surface area contributed by atoms with E-state index in [-0.39, 0.29) is 12.5 Å². The molecule has 4 nitrogen and oxygen atoms in total. The SMILES string of the molecule is NCC(CCO)c1ccc2c(c1)OCCO2. The van der Waals surface area contributed by atoms with Crippen molar-refractivity contribution in [2.24, 2.45) is 5.73 Å². The monoisotopic (exact) mass is 223 g/mol. The van der Waals surface area contributed by atoms with Crippen LogP contribution in [0.1, 0.15) is 17.9 Å². The molecule has 0 saturated heterocycles. The number of fused-ring (bicyclic) bond motifs is 1. The van der Waals surface area contributed by atoms with E-state index < -0.39 is 0 Å². The first kappa shape index (κ1) is 11.2. The number of benzene rings is 1. The van der Waals surface area contributed by atoms with Crippen LogP contribution in [0.3, 0.4) is 0 Å². The van der Waals surface area contributed by atoms with Gasteiger partial charge in [0.1, 0.15) is 13.2 Å². The molecule has 1 unspecified atom stereocenters. The van der Waals surface area contributed by atoms with Gasteiger partial charge in [0.25, 0.3) is 0 Å². The summed E-state index contributed by atoms with van der Waals surface area (Å²) in [6, 6.07) is 5.85. The summed E-state index contributed by atoms with van der Waals surface area (Å²) in [6.45, 7) is 1.86. The van der Waals surface area contributed by atoms with Crippen LogP contribution in [-0.2, 0) is 0 Å². The highest BCUT2D eigenvalue weighted by Crippen LogP contribution is 2.33. The average Bonchev–Trinajstić information content (AvgIpc) is 2.35. The Balaban J connectivity index is 2.21. The number of nitrogens with two attached hydrogens (primary N) is 1. The quantitative estimate of drug-likeness (QED) is 0.795. The van der Waals surface area contributed by atoms with Crippen molar-refractivity contribution < 1.29 is 14.6 Å². The van der Waals surface area contributed by atoms with E-state index in [1.54, 1.807) is 0 Å². The third kappa shape index (κ3) is 2.28. The summed E-state index contributed by atoms with van der Waals surface area (Å²) in [5.74, 6) is 1.75. The lowest BCUT2D eigenvalue weighted by atomic mass is 9.96. The van der Waals surface area contributed by atoms with Crippen molar-refractivity contribution in [3.05, 3.63) is 23.8 Å². The molecule has 0 fully saturated rings. The van der Waals surface area contributed by atoms with Gasteiger partial charge in [-0.1, -0.05) is 6.07 Å². The Hall–Kier alpha value is -1.26. The van der Waals surface area contributed by atoms with Crippen molar-refractivity contribution in [3.8, 4) is 11.5 Å². The summed E-state index contributed by atoms with van der Waals surface area (Å²) < 4.78 is 11.0. The van der Waals surface area contributed by atoms with Crippen LogP contribution < -0.4 is 15.2 Å². The van der Waals surface area contributed by atoms with E-state index in [0.717, 1.165) is 17.1 Å². The van der Waals surface area contributed by atoms with Crippen LogP contribution >= 0.6 is 0 Å². The van der Waals surface area contributed by atoms with Gasteiger partial charge in [0.05, 0.1) is 0 Å². The fourth-order valence-corrected chi connectivity index (χ4v) is 1.89. The van der Waals surface area contributed by atoms with Gasteiger partial charge in [-0.2, -0.15) is 0 Å². The molecule has 0 aliphatic carbocycles. The highest BCUT2D eigenvalue weighted by atomic mass is 16.6. The number of aliphatic hydroxyl groups is 1. The van der Waals surface area contributed by atoms with Gasteiger partial charge in [-0.3, -0.25) is 0 Å². The molecule has 0 radical (unpaired) electrons. The Morgan fingerprint density at radius 2 is 2.00 bits per heavy atom. The molecule has 0 bridgehead atoms. The minimum Gasteiger partial charge on any atom is -0.486 e. The second-order valence-corrected chi connectivity index (χ2v) is 3.85. The lowest BCUT2D eigenvalue weighted by Gasteiger charge is -2.21. The van der Waals surface area contributed by atoms with Gasteiger partial charge in [0.2, 0.25) is 0 Å². The molecule has 4 heteroatoms. The van der Waals surface area contributed by atoms with Crippen LogP contribution in [0, 0.1) is 0 Å². The van der Waals surface area contributed by atoms with Crippen molar-refractivity contribution in [1.29, 1.82) is 0 Å². The summed E-state index contributed by atoms with van der Waals surface area (Å²) in [5.41, 5.74) is 6.78. The maximum absolute atomic E-state index is 8.96. The predicted molar refractivity (Wildman–Crippen MR) is 60.9 cm³/mol. The molecule has 1 aliphatic rings. The lowest BCUT2D eigenvalue weighted by Crippen LogP contribution is -2.17. The van der Waals surface area contributed by atoms with E-state index in [9.17, 15) is 0 Å². The van der Waals surface area contributed by atoms with Crippen molar-refractivity contribution in [2.45, 2.75) is 12.3 Å². The minimum absolute atomic E-state index is 0.149. The molecule has 16 heavy (non-hydrogen) atoms. The summed E-state index contributed by atoms with van der Waals surface area (Å²) in [6.07, 6.45) is 0.677. The predicted octanol–water partition coefficient (Wildman–Crippen LogP) is 0.883. The van der Waals surface area contributed by atoms with Crippen molar-refractivity contribution in [3.63, 3.8) is 0 Å². The standard InChI is InChI=1S/C12H17NO3/c13-8-10(3-4-14)9-1-2-11-12(7-9)16-6-5-15-11/h1-2,7,10,14H,3-6,8,13H2. The topological polar surface area (TPSA) is 64.7 Å². The molecule has 0 saturated carbocycles.